The highest BCUT2D eigenvalue weighted by molar-refractivity contribution is 5.93. The molecule has 0 N–H and O–H groups in total. The van der Waals surface area contributed by atoms with Crippen LogP contribution >= 0.6 is 0 Å². The highest BCUT2D eigenvalue weighted by Crippen LogP contribution is 2.28. The largest absolute Gasteiger partial charge is 0.452 e. The number of carbonyl (C=O) groups is 2. The Kier molecular flexibility index (Phi) is 6.18. The first-order valence-electron chi connectivity index (χ1n) is 8.66. The zero-order chi connectivity index (χ0) is 19.4. The van der Waals surface area contributed by atoms with Crippen molar-refractivity contribution in [3.63, 3.8) is 0 Å². The Labute approximate surface area is 152 Å². The van der Waals surface area contributed by atoms with Crippen molar-refractivity contribution in [2.45, 2.75) is 45.2 Å². The fourth-order valence-corrected chi connectivity index (χ4v) is 3.37. The summed E-state index contributed by atoms with van der Waals surface area (Å²) < 4.78 is 5.11. The van der Waals surface area contributed by atoms with Crippen molar-refractivity contribution in [3.05, 3.63) is 33.9 Å². The Hall–Kier alpha value is -2.64. The van der Waals surface area contributed by atoms with Crippen molar-refractivity contribution < 1.29 is 19.2 Å². The second kappa shape index (κ2) is 8.16. The van der Waals surface area contributed by atoms with E-state index in [9.17, 15) is 19.7 Å². The summed E-state index contributed by atoms with van der Waals surface area (Å²) >= 11 is 0. The summed E-state index contributed by atoms with van der Waals surface area (Å²) in [6.07, 6.45) is 2.94. The van der Waals surface area contributed by atoms with Crippen molar-refractivity contribution in [3.8, 4) is 0 Å². The minimum Gasteiger partial charge on any atom is -0.452 e. The van der Waals surface area contributed by atoms with E-state index in [1.54, 1.807) is 23.9 Å². The summed E-state index contributed by atoms with van der Waals surface area (Å²) in [5.74, 6) is -0.985. The quantitative estimate of drug-likeness (QED) is 0.453. The molecule has 0 bridgehead atoms. The molecule has 2 atom stereocenters. The Morgan fingerprint density at radius 1 is 1.27 bits per heavy atom. The zero-order valence-corrected chi connectivity index (χ0v) is 15.6. The number of piperidine rings is 1. The molecule has 26 heavy (non-hydrogen) atoms. The first kappa shape index (κ1) is 19.7. The first-order valence-corrected chi connectivity index (χ1v) is 8.66. The van der Waals surface area contributed by atoms with E-state index in [2.05, 4.69) is 0 Å². The van der Waals surface area contributed by atoms with Crippen molar-refractivity contribution in [1.29, 1.82) is 0 Å². The third-order valence-corrected chi connectivity index (χ3v) is 4.70. The summed E-state index contributed by atoms with van der Waals surface area (Å²) in [5, 5.41) is 11.2. The topological polar surface area (TPSA) is 93.0 Å². The molecule has 142 valence electrons. The number of anilines is 1. The first-order chi connectivity index (χ1) is 12.2. The molecule has 1 aliphatic rings. The lowest BCUT2D eigenvalue weighted by Crippen LogP contribution is -2.49. The van der Waals surface area contributed by atoms with Crippen LogP contribution in [0.1, 0.15) is 43.5 Å². The predicted molar refractivity (Wildman–Crippen MR) is 97.3 cm³/mol. The molecule has 0 aromatic heterocycles. The molecule has 0 aliphatic carbocycles. The Morgan fingerprint density at radius 2 is 1.88 bits per heavy atom. The van der Waals surface area contributed by atoms with E-state index in [0.717, 1.165) is 19.3 Å². The van der Waals surface area contributed by atoms with Gasteiger partial charge in [0, 0.05) is 32.2 Å². The molecule has 2 rings (SSSR count). The molecule has 8 nitrogen and oxygen atoms in total. The number of hydrogen-bond donors (Lipinski definition) is 0. The number of nitrogens with zero attached hydrogens (tertiary/aromatic N) is 3. The molecule has 0 unspecified atom stereocenters. The van der Waals surface area contributed by atoms with Crippen molar-refractivity contribution in [2.24, 2.45) is 0 Å². The van der Waals surface area contributed by atoms with Gasteiger partial charge in [-0.1, -0.05) is 0 Å². The monoisotopic (exact) mass is 363 g/mol. The SMILES string of the molecule is C[C@@H]1CCC[C@H](C)N1C(=O)COC(=O)c1ccc(N(C)C)c([N+](=O)[O-])c1. The molecule has 1 heterocycles. The summed E-state index contributed by atoms with van der Waals surface area (Å²) in [6, 6.07) is 4.36. The molecule has 1 saturated heterocycles. The van der Waals surface area contributed by atoms with Crippen molar-refractivity contribution in [1.82, 2.24) is 4.90 Å². The van der Waals surface area contributed by atoms with Gasteiger partial charge in [0.2, 0.25) is 0 Å². The Bertz CT molecular complexity index is 694. The second-order valence-corrected chi connectivity index (χ2v) is 6.86. The van der Waals surface area contributed by atoms with Gasteiger partial charge in [-0.2, -0.15) is 0 Å². The summed E-state index contributed by atoms with van der Waals surface area (Å²) in [6.45, 7) is 3.61. The zero-order valence-electron chi connectivity index (χ0n) is 15.6. The average molecular weight is 363 g/mol. The lowest BCUT2D eigenvalue weighted by atomic mass is 9.97. The minimum absolute atomic E-state index is 0.0508. The summed E-state index contributed by atoms with van der Waals surface area (Å²) in [5.41, 5.74) is 0.252. The number of nitro benzene ring substituents is 1. The van der Waals surface area contributed by atoms with Crippen LogP contribution < -0.4 is 4.90 Å². The number of nitro groups is 1. The Balaban J connectivity index is 2.07. The fraction of sp³-hybridized carbons (Fsp3) is 0.556. The van der Waals surface area contributed by atoms with Gasteiger partial charge >= 0.3 is 5.97 Å². The maximum absolute atomic E-state index is 12.4. The van der Waals surface area contributed by atoms with E-state index in [-0.39, 0.29) is 35.8 Å². The van der Waals surface area contributed by atoms with Gasteiger partial charge in [0.05, 0.1) is 10.5 Å². The van der Waals surface area contributed by atoms with Gasteiger partial charge in [-0.3, -0.25) is 14.9 Å². The van der Waals surface area contributed by atoms with Crippen LogP contribution in [0.4, 0.5) is 11.4 Å². The number of amides is 1. The van der Waals surface area contributed by atoms with E-state index >= 15 is 0 Å². The highest BCUT2D eigenvalue weighted by Gasteiger charge is 2.29. The van der Waals surface area contributed by atoms with Gasteiger partial charge in [-0.15, -0.1) is 0 Å². The van der Waals surface area contributed by atoms with E-state index in [1.165, 1.54) is 18.2 Å². The van der Waals surface area contributed by atoms with Gasteiger partial charge in [-0.25, -0.2) is 4.79 Å². The van der Waals surface area contributed by atoms with Gasteiger partial charge in [0.15, 0.2) is 6.61 Å². The second-order valence-electron chi connectivity index (χ2n) is 6.86. The highest BCUT2D eigenvalue weighted by atomic mass is 16.6. The lowest BCUT2D eigenvalue weighted by molar-refractivity contribution is -0.384. The molecule has 1 amide bonds. The number of benzene rings is 1. The molecule has 1 aromatic carbocycles. The lowest BCUT2D eigenvalue weighted by Gasteiger charge is -2.38. The fourth-order valence-electron chi connectivity index (χ4n) is 3.37. The van der Waals surface area contributed by atoms with Crippen LogP contribution in [0.5, 0.6) is 0 Å². The Morgan fingerprint density at radius 3 is 2.42 bits per heavy atom. The molecular weight excluding hydrogens is 338 g/mol. The molecule has 1 aromatic rings. The number of likely N-dealkylation sites (tertiary alicyclic amines) is 1. The van der Waals surface area contributed by atoms with Crippen LogP contribution in [0.2, 0.25) is 0 Å². The molecule has 1 aliphatic heterocycles. The number of rotatable bonds is 5. The van der Waals surface area contributed by atoms with E-state index < -0.39 is 10.9 Å². The number of esters is 1. The van der Waals surface area contributed by atoms with Gasteiger partial charge in [0.25, 0.3) is 11.6 Å². The van der Waals surface area contributed by atoms with Crippen LogP contribution in [0.15, 0.2) is 18.2 Å². The number of carbonyl (C=O) groups excluding carboxylic acids is 2. The van der Waals surface area contributed by atoms with Gasteiger partial charge in [-0.05, 0) is 45.2 Å². The molecule has 0 spiro atoms. The van der Waals surface area contributed by atoms with Crippen LogP contribution in [-0.4, -0.2) is 54.5 Å². The van der Waals surface area contributed by atoms with Crippen LogP contribution in [-0.2, 0) is 9.53 Å². The summed E-state index contributed by atoms with van der Waals surface area (Å²) in [7, 11) is 3.36. The van der Waals surface area contributed by atoms with Gasteiger partial charge < -0.3 is 14.5 Å². The van der Waals surface area contributed by atoms with Crippen LogP contribution in [0.25, 0.3) is 0 Å². The maximum atomic E-state index is 12.4. The smallest absolute Gasteiger partial charge is 0.338 e. The van der Waals surface area contributed by atoms with E-state index in [1.807, 2.05) is 13.8 Å². The molecular formula is C18H25N3O5. The third-order valence-electron chi connectivity index (χ3n) is 4.70. The van der Waals surface area contributed by atoms with Crippen LogP contribution in [0, 0.1) is 10.1 Å². The van der Waals surface area contributed by atoms with Crippen molar-refractivity contribution >= 4 is 23.3 Å². The van der Waals surface area contributed by atoms with E-state index in [0.29, 0.717) is 5.69 Å². The molecule has 0 radical (unpaired) electrons. The number of hydrogen-bond acceptors (Lipinski definition) is 6. The standard InChI is InChI=1S/C18H25N3O5/c1-12-6-5-7-13(2)20(12)17(22)11-26-18(23)14-8-9-15(19(3)4)16(10-14)21(24)25/h8-10,12-13H,5-7,11H2,1-4H3/t12-,13+. The van der Waals surface area contributed by atoms with Gasteiger partial charge in [0.1, 0.15) is 5.69 Å². The normalized spacial score (nSPS) is 19.8. The maximum Gasteiger partial charge on any atom is 0.338 e. The van der Waals surface area contributed by atoms with E-state index in [4.69, 9.17) is 4.74 Å². The van der Waals surface area contributed by atoms with Crippen molar-refractivity contribution in [2.75, 3.05) is 25.6 Å². The summed E-state index contributed by atoms with van der Waals surface area (Å²) in [4.78, 5) is 38.6. The molecule has 8 heteroatoms. The third kappa shape index (κ3) is 4.30. The number of ether oxygens (including phenoxy) is 1. The molecule has 0 saturated carbocycles. The molecule has 1 fully saturated rings. The predicted octanol–water partition coefficient (Wildman–Crippen LogP) is 2.61. The minimum atomic E-state index is -0.746. The van der Waals surface area contributed by atoms with Crippen LogP contribution in [0.3, 0.4) is 0 Å². The average Bonchev–Trinajstić information content (AvgIpc) is 2.58.